The molecule has 8 heavy (non-hydrogen) atoms. The van der Waals surface area contributed by atoms with Crippen molar-refractivity contribution in [3.05, 3.63) is 0 Å². The molecule has 0 bridgehead atoms. The van der Waals surface area contributed by atoms with Crippen LogP contribution in [0.4, 0.5) is 0 Å². The van der Waals surface area contributed by atoms with Crippen LogP contribution in [0.3, 0.4) is 0 Å². The third-order valence-electron chi connectivity index (χ3n) is 0.287. The minimum Gasteiger partial charge on any atom is -0.790 e. The van der Waals surface area contributed by atoms with Crippen LogP contribution in [0.15, 0.2) is 0 Å². The third-order valence-corrected chi connectivity index (χ3v) is 0.862. The Morgan fingerprint density at radius 1 is 1.62 bits per heavy atom. The fourth-order valence-corrected chi connectivity index (χ4v) is 0.474. The molecule has 4 nitrogen and oxygen atoms in total. The van der Waals surface area contributed by atoms with Gasteiger partial charge in [-0.25, -0.2) is 0 Å². The zero-order valence-corrected chi connectivity index (χ0v) is 8.36. The smallest absolute Gasteiger partial charge is 0.790 e. The maximum atomic E-state index is 9.48. The molecule has 0 amide bonds. The van der Waals surface area contributed by atoms with Crippen molar-refractivity contribution >= 4 is 7.82 Å². The van der Waals surface area contributed by atoms with Gasteiger partial charge in [-0.1, -0.05) is 0 Å². The van der Waals surface area contributed by atoms with E-state index < -0.39 is 7.82 Å². The second-order valence-electron chi connectivity index (χ2n) is 0.865. The normalized spacial score (nSPS) is 10.4. The molecule has 0 fully saturated rings. The van der Waals surface area contributed by atoms with E-state index in [-0.39, 0.29) is 26.1 Å². The predicted molar refractivity (Wildman–Crippen MR) is 19.2 cm³/mol. The molecule has 0 N–H and O–H groups in total. The van der Waals surface area contributed by atoms with E-state index in [1.54, 1.807) is 0 Å². The first kappa shape index (κ1) is 11.5. The molecule has 0 aromatic rings. The van der Waals surface area contributed by atoms with Gasteiger partial charge in [0.2, 0.25) is 0 Å². The van der Waals surface area contributed by atoms with Gasteiger partial charge in [-0.3, -0.25) is 0 Å². The molecule has 0 saturated heterocycles. The average Bonchev–Trinajstić information content (AvgIpc) is 1.30. The average molecular weight is 189 g/mol. The second kappa shape index (κ2) is 4.60. The van der Waals surface area contributed by atoms with Gasteiger partial charge in [0, 0.05) is 6.61 Å². The topological polar surface area (TPSA) is 72.4 Å². The van der Waals surface area contributed by atoms with Crippen molar-refractivity contribution < 1.29 is 38.4 Å². The van der Waals surface area contributed by atoms with E-state index in [0.717, 1.165) is 0 Å². The summed E-state index contributed by atoms with van der Waals surface area (Å²) >= 11 is 0. The molecule has 0 aliphatic rings. The number of rotatable bonds is 2. The van der Waals surface area contributed by atoms with Gasteiger partial charge in [-0.2, -0.15) is 0 Å². The van der Waals surface area contributed by atoms with Gasteiger partial charge >= 0.3 is 19.5 Å². The summed E-state index contributed by atoms with van der Waals surface area (Å²) in [5.74, 6) is 0. The first-order valence-corrected chi connectivity index (χ1v) is 3.19. The van der Waals surface area contributed by atoms with E-state index in [1.165, 1.54) is 6.92 Å². The van der Waals surface area contributed by atoms with Gasteiger partial charge in [0.05, 0.1) is 7.82 Å². The van der Waals surface area contributed by atoms with E-state index in [1.807, 2.05) is 0 Å². The van der Waals surface area contributed by atoms with Gasteiger partial charge < -0.3 is 18.9 Å². The largest absolute Gasteiger partial charge is 2.00 e. The molecule has 6 heteroatoms. The number of phosphoric ester groups is 1. The first-order chi connectivity index (χ1) is 3.06. The van der Waals surface area contributed by atoms with Crippen molar-refractivity contribution in [2.75, 3.05) is 6.61 Å². The molecule has 0 aliphatic heterocycles. The van der Waals surface area contributed by atoms with Gasteiger partial charge in [-0.05, 0) is 6.92 Å². The van der Waals surface area contributed by atoms with Crippen LogP contribution in [0.2, 0.25) is 0 Å². The van der Waals surface area contributed by atoms with Crippen molar-refractivity contribution in [2.45, 2.75) is 6.92 Å². The molecule has 0 aromatic carbocycles. The van der Waals surface area contributed by atoms with Crippen molar-refractivity contribution in [1.82, 2.24) is 0 Å². The molecule has 0 saturated carbocycles. The molecular formula is C2H5O4PZn. The molecule has 0 aliphatic carbocycles. The summed E-state index contributed by atoms with van der Waals surface area (Å²) in [6.07, 6.45) is 0. The Morgan fingerprint density at radius 2 is 2.00 bits per heavy atom. The van der Waals surface area contributed by atoms with Gasteiger partial charge in [0.15, 0.2) is 0 Å². The minimum absolute atomic E-state index is 0. The molecule has 0 unspecified atom stereocenters. The van der Waals surface area contributed by atoms with Crippen LogP contribution < -0.4 is 9.79 Å². The summed E-state index contributed by atoms with van der Waals surface area (Å²) in [6.45, 7) is 1.35. The summed E-state index contributed by atoms with van der Waals surface area (Å²) in [6, 6.07) is 0. The Kier molecular flexibility index (Phi) is 6.62. The monoisotopic (exact) mass is 188 g/mol. The molecule has 0 rings (SSSR count). The van der Waals surface area contributed by atoms with Gasteiger partial charge in [0.25, 0.3) is 0 Å². The standard InChI is InChI=1S/C2H7O4P.Zn/c1-2-6-7(3,4)5;/h2H2,1H3,(H2,3,4,5);/q;+2/p-2. The van der Waals surface area contributed by atoms with E-state index >= 15 is 0 Å². The zero-order chi connectivity index (χ0) is 5.91. The van der Waals surface area contributed by atoms with Crippen molar-refractivity contribution in [3.63, 3.8) is 0 Å². The van der Waals surface area contributed by atoms with E-state index in [9.17, 15) is 14.4 Å². The Balaban J connectivity index is 0. The second-order valence-corrected chi connectivity index (χ2v) is 2.02. The van der Waals surface area contributed by atoms with E-state index in [0.29, 0.717) is 0 Å². The molecule has 0 radical (unpaired) electrons. The minimum atomic E-state index is -4.67. The fourth-order valence-electron chi connectivity index (χ4n) is 0.158. The molecule has 0 aromatic heterocycles. The summed E-state index contributed by atoms with van der Waals surface area (Å²) in [5, 5.41) is 0. The predicted octanol–water partition coefficient (Wildman–Crippen LogP) is -1.15. The summed E-state index contributed by atoms with van der Waals surface area (Å²) in [4.78, 5) is 19.0. The van der Waals surface area contributed by atoms with Crippen LogP contribution in [0.5, 0.6) is 0 Å². The van der Waals surface area contributed by atoms with Crippen LogP contribution in [-0.4, -0.2) is 6.61 Å². The maximum Gasteiger partial charge on any atom is 2.00 e. The first-order valence-electron chi connectivity index (χ1n) is 1.73. The van der Waals surface area contributed by atoms with Crippen molar-refractivity contribution in [3.8, 4) is 0 Å². The Bertz CT molecular complexity index is 88.0. The van der Waals surface area contributed by atoms with Crippen LogP contribution in [0.1, 0.15) is 6.92 Å². The van der Waals surface area contributed by atoms with Gasteiger partial charge in [0.1, 0.15) is 0 Å². The van der Waals surface area contributed by atoms with Crippen molar-refractivity contribution in [1.29, 1.82) is 0 Å². The number of phosphoric acid groups is 1. The van der Waals surface area contributed by atoms with Crippen LogP contribution in [-0.2, 0) is 28.6 Å². The fraction of sp³-hybridized carbons (Fsp3) is 1.00. The molecule has 44 valence electrons. The third kappa shape index (κ3) is 9.88. The van der Waals surface area contributed by atoms with Crippen LogP contribution in [0.25, 0.3) is 0 Å². The Morgan fingerprint density at radius 3 is 2.00 bits per heavy atom. The van der Waals surface area contributed by atoms with Crippen LogP contribution in [0, 0.1) is 0 Å². The summed E-state index contributed by atoms with van der Waals surface area (Å²) in [5.41, 5.74) is 0. The summed E-state index contributed by atoms with van der Waals surface area (Å²) in [7, 11) is -4.67. The Labute approximate surface area is 60.2 Å². The van der Waals surface area contributed by atoms with E-state index in [4.69, 9.17) is 0 Å². The maximum absolute atomic E-state index is 9.48. The Hall–Kier alpha value is 0.733. The van der Waals surface area contributed by atoms with Crippen molar-refractivity contribution in [2.24, 2.45) is 0 Å². The number of hydrogen-bond acceptors (Lipinski definition) is 4. The molecule has 0 atom stereocenters. The number of hydrogen-bond donors (Lipinski definition) is 0. The van der Waals surface area contributed by atoms with E-state index in [2.05, 4.69) is 4.52 Å². The zero-order valence-electron chi connectivity index (χ0n) is 4.49. The molecular weight excluding hydrogens is 184 g/mol. The quantitative estimate of drug-likeness (QED) is 0.406. The molecule has 0 spiro atoms. The SMILES string of the molecule is CCOP(=O)([O-])[O-].[Zn+2]. The van der Waals surface area contributed by atoms with Crippen LogP contribution >= 0.6 is 7.82 Å². The van der Waals surface area contributed by atoms with Gasteiger partial charge in [-0.15, -0.1) is 0 Å². The summed E-state index contributed by atoms with van der Waals surface area (Å²) < 4.78 is 13.2. The molecule has 0 heterocycles.